The van der Waals surface area contributed by atoms with E-state index >= 15 is 0 Å². The highest BCUT2D eigenvalue weighted by Gasteiger charge is 2.51. The largest absolute Gasteiger partial charge is 0.413 e. The van der Waals surface area contributed by atoms with Gasteiger partial charge in [0.15, 0.2) is 16.6 Å². The van der Waals surface area contributed by atoms with E-state index in [0.717, 1.165) is 42.4 Å². The molecule has 3 rings (SSSR count). The Labute approximate surface area is 277 Å². The van der Waals surface area contributed by atoms with E-state index < -0.39 is 16.6 Å². The molecule has 0 amide bonds. The molecule has 3 aliphatic carbocycles. The molecule has 0 saturated heterocycles. The molecule has 0 aromatic carbocycles. The standard InChI is InChI=1S/C40H74O2Si2/c1-28(2)29(3)19-20-30(4)35-23-24-36-32(18-17-25-40(35,36)12)21-22-33-26-34(41-43(13,14)38(6,7)8)27-37(31(33)5)42-44(15,16)39(9,10)11/h21-22,28-30,34-37H,5,17-20,23-27H2,1-4,6-16H3/b32-21+,33-22+/t29-,30+,34+,35+,36-,37-,40+/m0/s1. The van der Waals surface area contributed by atoms with Gasteiger partial charge >= 0.3 is 0 Å². The first-order valence-electron chi connectivity index (χ1n) is 18.4. The fourth-order valence-electron chi connectivity index (χ4n) is 8.04. The fraction of sp³-hybridized carbons (Fsp3) is 0.850. The maximum absolute atomic E-state index is 7.10. The minimum atomic E-state index is -1.96. The van der Waals surface area contributed by atoms with Crippen LogP contribution in [-0.2, 0) is 8.85 Å². The zero-order valence-corrected chi connectivity index (χ0v) is 34.1. The molecular formula is C40H74O2Si2. The van der Waals surface area contributed by atoms with Gasteiger partial charge in [0.25, 0.3) is 0 Å². The van der Waals surface area contributed by atoms with Crippen LogP contribution in [0.2, 0.25) is 36.3 Å². The van der Waals surface area contributed by atoms with Crippen LogP contribution in [0.25, 0.3) is 0 Å². The summed E-state index contributed by atoms with van der Waals surface area (Å²) in [6, 6.07) is 0. The second-order valence-electron chi connectivity index (χ2n) is 19.1. The number of allylic oxidation sites excluding steroid dienone is 3. The first kappa shape index (κ1) is 38.0. The Kier molecular flexibility index (Phi) is 12.1. The maximum Gasteiger partial charge on any atom is 0.192 e. The molecule has 3 fully saturated rings. The molecular weight excluding hydrogens is 569 g/mol. The third-order valence-electron chi connectivity index (χ3n) is 13.7. The van der Waals surface area contributed by atoms with E-state index in [9.17, 15) is 0 Å². The molecule has 0 heterocycles. The van der Waals surface area contributed by atoms with Gasteiger partial charge in [-0.25, -0.2) is 0 Å². The monoisotopic (exact) mass is 643 g/mol. The minimum absolute atomic E-state index is 0.0469. The van der Waals surface area contributed by atoms with Gasteiger partial charge in [-0.1, -0.05) is 113 Å². The Morgan fingerprint density at radius 2 is 1.48 bits per heavy atom. The van der Waals surface area contributed by atoms with Gasteiger partial charge in [0.2, 0.25) is 0 Å². The Hall–Kier alpha value is -0.426. The lowest BCUT2D eigenvalue weighted by Crippen LogP contribution is -2.49. The first-order valence-corrected chi connectivity index (χ1v) is 24.3. The Morgan fingerprint density at radius 1 is 0.886 bits per heavy atom. The summed E-state index contributed by atoms with van der Waals surface area (Å²) in [6.45, 7) is 40.8. The lowest BCUT2D eigenvalue weighted by Gasteiger charge is -2.46. The summed E-state index contributed by atoms with van der Waals surface area (Å²) >= 11 is 0. The lowest BCUT2D eigenvalue weighted by molar-refractivity contribution is 0.0906. The second kappa shape index (κ2) is 14.0. The van der Waals surface area contributed by atoms with Crippen molar-refractivity contribution in [1.29, 1.82) is 0 Å². The predicted molar refractivity (Wildman–Crippen MR) is 199 cm³/mol. The molecule has 2 nitrogen and oxygen atoms in total. The van der Waals surface area contributed by atoms with Gasteiger partial charge in [0, 0.05) is 6.42 Å². The summed E-state index contributed by atoms with van der Waals surface area (Å²) in [5, 5.41) is 0.362. The quantitative estimate of drug-likeness (QED) is 0.221. The van der Waals surface area contributed by atoms with Gasteiger partial charge in [0.05, 0.1) is 12.2 Å². The van der Waals surface area contributed by atoms with Crippen LogP contribution in [0.5, 0.6) is 0 Å². The van der Waals surface area contributed by atoms with Crippen LogP contribution >= 0.6 is 0 Å². The zero-order valence-electron chi connectivity index (χ0n) is 32.1. The van der Waals surface area contributed by atoms with Gasteiger partial charge < -0.3 is 8.85 Å². The van der Waals surface area contributed by atoms with Crippen LogP contribution in [0.3, 0.4) is 0 Å². The van der Waals surface area contributed by atoms with Crippen molar-refractivity contribution in [3.05, 3.63) is 35.5 Å². The fourth-order valence-corrected chi connectivity index (χ4v) is 10.7. The predicted octanol–water partition coefficient (Wildman–Crippen LogP) is 12.9. The van der Waals surface area contributed by atoms with Gasteiger partial charge in [-0.15, -0.1) is 0 Å². The van der Waals surface area contributed by atoms with Crippen molar-refractivity contribution < 1.29 is 8.85 Å². The third-order valence-corrected chi connectivity index (χ3v) is 22.7. The summed E-state index contributed by atoms with van der Waals surface area (Å²) < 4.78 is 14.2. The van der Waals surface area contributed by atoms with Crippen molar-refractivity contribution in [3.63, 3.8) is 0 Å². The van der Waals surface area contributed by atoms with E-state index in [-0.39, 0.29) is 22.3 Å². The molecule has 3 saturated carbocycles. The van der Waals surface area contributed by atoms with E-state index in [4.69, 9.17) is 15.4 Å². The van der Waals surface area contributed by atoms with Gasteiger partial charge in [0.1, 0.15) is 0 Å². The van der Waals surface area contributed by atoms with E-state index in [1.807, 2.05) is 0 Å². The van der Waals surface area contributed by atoms with Crippen molar-refractivity contribution in [3.8, 4) is 0 Å². The Morgan fingerprint density at radius 3 is 2.05 bits per heavy atom. The van der Waals surface area contributed by atoms with Crippen molar-refractivity contribution in [2.45, 2.75) is 182 Å². The lowest BCUT2D eigenvalue weighted by atomic mass is 9.60. The number of rotatable bonds is 10. The van der Waals surface area contributed by atoms with Crippen molar-refractivity contribution >= 4 is 16.6 Å². The highest BCUT2D eigenvalue weighted by atomic mass is 28.4. The third kappa shape index (κ3) is 8.53. The summed E-state index contributed by atoms with van der Waals surface area (Å²) in [4.78, 5) is 0. The van der Waals surface area contributed by atoms with Crippen LogP contribution in [0, 0.1) is 35.0 Å². The van der Waals surface area contributed by atoms with Crippen molar-refractivity contribution in [2.75, 3.05) is 0 Å². The topological polar surface area (TPSA) is 18.5 Å². The molecule has 0 bridgehead atoms. The molecule has 0 aromatic heterocycles. The summed E-state index contributed by atoms with van der Waals surface area (Å²) in [5.74, 6) is 4.03. The molecule has 44 heavy (non-hydrogen) atoms. The number of fused-ring (bicyclic) bond motifs is 1. The molecule has 254 valence electrons. The summed E-state index contributed by atoms with van der Waals surface area (Å²) in [5.41, 5.74) is 4.74. The zero-order chi connectivity index (χ0) is 33.5. The van der Waals surface area contributed by atoms with Crippen LogP contribution in [0.1, 0.15) is 134 Å². The van der Waals surface area contributed by atoms with Gasteiger partial charge in [-0.2, -0.15) is 0 Å². The smallest absolute Gasteiger partial charge is 0.192 e. The Bertz CT molecular complexity index is 1050. The molecule has 0 N–H and O–H groups in total. The van der Waals surface area contributed by atoms with Crippen LogP contribution < -0.4 is 0 Å². The summed E-state index contributed by atoms with van der Waals surface area (Å²) in [7, 11) is -3.87. The molecule has 7 atom stereocenters. The average Bonchev–Trinajstić information content (AvgIpc) is 3.23. The molecule has 3 aliphatic rings. The van der Waals surface area contributed by atoms with Gasteiger partial charge in [-0.3, -0.25) is 0 Å². The van der Waals surface area contributed by atoms with Crippen molar-refractivity contribution in [1.82, 2.24) is 0 Å². The van der Waals surface area contributed by atoms with Crippen LogP contribution in [0.4, 0.5) is 0 Å². The molecule has 0 spiro atoms. The van der Waals surface area contributed by atoms with Gasteiger partial charge in [-0.05, 0) is 121 Å². The first-order chi connectivity index (χ1) is 20.0. The molecule has 0 radical (unpaired) electrons. The average molecular weight is 643 g/mol. The maximum atomic E-state index is 7.10. The number of hydrogen-bond acceptors (Lipinski definition) is 2. The van der Waals surface area contributed by atoms with E-state index in [1.54, 1.807) is 5.57 Å². The van der Waals surface area contributed by atoms with E-state index in [2.05, 4.69) is 115 Å². The SMILES string of the molecule is C=C1/C(=C/C=C2\CCC[C@]3(C)[C@@H]([C@H](C)CC[C@H](C)C(C)C)CC[C@@H]23)C[C@@H](O[Si](C)(C)C(C)(C)C)C[C@@H]1O[Si](C)(C)C(C)(C)C. The van der Waals surface area contributed by atoms with Crippen molar-refractivity contribution in [2.24, 2.45) is 35.0 Å². The van der Waals surface area contributed by atoms with Crippen LogP contribution in [0.15, 0.2) is 35.5 Å². The van der Waals surface area contributed by atoms with E-state index in [1.165, 1.54) is 56.1 Å². The second-order valence-corrected chi connectivity index (χ2v) is 28.6. The highest BCUT2D eigenvalue weighted by molar-refractivity contribution is 6.74. The normalized spacial score (nSPS) is 32.4. The highest BCUT2D eigenvalue weighted by Crippen LogP contribution is 2.60. The minimum Gasteiger partial charge on any atom is -0.413 e. The van der Waals surface area contributed by atoms with Crippen LogP contribution in [-0.4, -0.2) is 28.8 Å². The molecule has 4 heteroatoms. The Balaban J connectivity index is 1.87. The molecule has 0 unspecified atom stereocenters. The van der Waals surface area contributed by atoms with E-state index in [0.29, 0.717) is 5.41 Å². The molecule has 0 aromatic rings. The molecule has 0 aliphatic heterocycles. The number of hydrogen-bond donors (Lipinski definition) is 0. The summed E-state index contributed by atoms with van der Waals surface area (Å²) in [6.07, 6.45) is 16.7.